The van der Waals surface area contributed by atoms with Crippen LogP contribution in [0.1, 0.15) is 0 Å². The van der Waals surface area contributed by atoms with Gasteiger partial charge in [-0.15, -0.1) is 0 Å². The van der Waals surface area contributed by atoms with Crippen LogP contribution in [-0.4, -0.2) is 34.6 Å². The fourth-order valence-electron chi connectivity index (χ4n) is 1.98. The Balaban J connectivity index is 0.000000225. The highest BCUT2D eigenvalue weighted by molar-refractivity contribution is 7.89. The first-order chi connectivity index (χ1) is 9.97. The van der Waals surface area contributed by atoms with Gasteiger partial charge >= 0.3 is 0 Å². The van der Waals surface area contributed by atoms with Crippen molar-refractivity contribution in [1.82, 2.24) is 10.6 Å². The van der Waals surface area contributed by atoms with Gasteiger partial charge in [-0.3, -0.25) is 0 Å². The van der Waals surface area contributed by atoms with E-state index in [0.717, 1.165) is 37.0 Å². The highest BCUT2D eigenvalue weighted by Crippen LogP contribution is 2.21. The summed E-state index contributed by atoms with van der Waals surface area (Å²) in [5, 5.41) is 13.8. The molecule has 0 amide bonds. The highest BCUT2D eigenvalue weighted by Gasteiger charge is 2.07. The molecule has 0 unspecified atom stereocenters. The van der Waals surface area contributed by atoms with Gasteiger partial charge in [0, 0.05) is 31.2 Å². The molecule has 1 aliphatic rings. The van der Waals surface area contributed by atoms with Crippen LogP contribution in [0.2, 0.25) is 5.02 Å². The zero-order chi connectivity index (χ0) is 15.3. The van der Waals surface area contributed by atoms with Crippen molar-refractivity contribution in [3.8, 4) is 0 Å². The van der Waals surface area contributed by atoms with Crippen LogP contribution in [0.5, 0.6) is 0 Å². The molecular weight excluding hydrogens is 310 g/mol. The van der Waals surface area contributed by atoms with Gasteiger partial charge in [0.25, 0.3) is 0 Å². The molecule has 0 spiro atoms. The Labute approximate surface area is 129 Å². The second-order valence-electron chi connectivity index (χ2n) is 4.70. The van der Waals surface area contributed by atoms with E-state index in [1.165, 1.54) is 12.1 Å². The summed E-state index contributed by atoms with van der Waals surface area (Å²) in [6.45, 7) is 4.56. The van der Waals surface area contributed by atoms with Gasteiger partial charge in [0.2, 0.25) is 10.0 Å². The predicted molar refractivity (Wildman–Crippen MR) is 86.1 cm³/mol. The Kier molecular flexibility index (Phi) is 5.55. The van der Waals surface area contributed by atoms with Gasteiger partial charge in [-0.2, -0.15) is 0 Å². The summed E-state index contributed by atoms with van der Waals surface area (Å²) in [6.07, 6.45) is 0. The molecule has 114 valence electrons. The molecule has 5 nitrogen and oxygen atoms in total. The first-order valence-corrected chi connectivity index (χ1v) is 8.53. The fourth-order valence-corrected chi connectivity index (χ4v) is 2.70. The van der Waals surface area contributed by atoms with E-state index >= 15 is 0 Å². The van der Waals surface area contributed by atoms with E-state index in [1.807, 2.05) is 0 Å². The molecule has 2 aromatic rings. The smallest absolute Gasteiger partial charge is 0.238 e. The third kappa shape index (κ3) is 4.94. The van der Waals surface area contributed by atoms with E-state index in [9.17, 15) is 8.42 Å². The minimum Gasteiger partial charge on any atom is -0.314 e. The normalized spacial score (nSPS) is 15.3. The molecule has 0 bridgehead atoms. The first kappa shape index (κ1) is 16.2. The van der Waals surface area contributed by atoms with Crippen molar-refractivity contribution in [2.24, 2.45) is 5.14 Å². The number of nitrogens with two attached hydrogens (primary N) is 1. The van der Waals surface area contributed by atoms with E-state index in [0.29, 0.717) is 5.02 Å². The molecule has 4 N–H and O–H groups in total. The molecule has 0 aromatic heterocycles. The van der Waals surface area contributed by atoms with Crippen LogP contribution in [0, 0.1) is 0 Å². The summed E-state index contributed by atoms with van der Waals surface area (Å²) in [6, 6.07) is 9.91. The predicted octanol–water partition coefficient (Wildman–Crippen LogP) is 1.32. The number of hydrogen-bond acceptors (Lipinski definition) is 4. The minimum absolute atomic E-state index is 0.109. The number of primary sulfonamides is 1. The lowest BCUT2D eigenvalue weighted by Gasteiger charge is -2.11. The lowest BCUT2D eigenvalue weighted by molar-refractivity contribution is 0.534. The summed E-state index contributed by atoms with van der Waals surface area (Å²) < 4.78 is 22.2. The molecule has 21 heavy (non-hydrogen) atoms. The number of benzene rings is 2. The van der Waals surface area contributed by atoms with Crippen molar-refractivity contribution in [2.45, 2.75) is 4.90 Å². The van der Waals surface area contributed by atoms with E-state index in [4.69, 9.17) is 16.7 Å². The van der Waals surface area contributed by atoms with E-state index < -0.39 is 10.0 Å². The number of rotatable bonds is 1. The van der Waals surface area contributed by atoms with E-state index in [-0.39, 0.29) is 4.90 Å². The Morgan fingerprint density at radius 1 is 0.905 bits per heavy atom. The van der Waals surface area contributed by atoms with Crippen molar-refractivity contribution in [2.75, 3.05) is 26.2 Å². The minimum atomic E-state index is -3.64. The quantitative estimate of drug-likeness (QED) is 0.737. The molecule has 1 heterocycles. The van der Waals surface area contributed by atoms with E-state index in [2.05, 4.69) is 10.6 Å². The fraction of sp³-hybridized carbons (Fsp3) is 0.286. The summed E-state index contributed by atoms with van der Waals surface area (Å²) >= 11 is 5.81. The molecule has 0 aliphatic carbocycles. The van der Waals surface area contributed by atoms with Crippen molar-refractivity contribution >= 4 is 32.4 Å². The maximum Gasteiger partial charge on any atom is 0.238 e. The largest absolute Gasteiger partial charge is 0.314 e. The summed E-state index contributed by atoms with van der Waals surface area (Å²) in [4.78, 5) is 0.109. The van der Waals surface area contributed by atoms with Crippen LogP contribution >= 0.6 is 11.6 Å². The Morgan fingerprint density at radius 3 is 1.95 bits per heavy atom. The number of piperazine rings is 1. The number of nitrogens with one attached hydrogen (secondary N) is 2. The molecule has 1 fully saturated rings. The lowest BCUT2D eigenvalue weighted by Crippen LogP contribution is -2.39. The Bertz CT molecular complexity index is 704. The molecule has 2 aromatic carbocycles. The van der Waals surface area contributed by atoms with Crippen molar-refractivity contribution in [3.05, 3.63) is 41.4 Å². The Hall–Kier alpha value is -1.18. The summed E-state index contributed by atoms with van der Waals surface area (Å²) in [5.74, 6) is 0. The second kappa shape index (κ2) is 7.20. The monoisotopic (exact) mass is 327 g/mol. The molecular formula is C14H18ClN3O2S. The van der Waals surface area contributed by atoms with Gasteiger partial charge in [-0.05, 0) is 35.0 Å². The van der Waals surface area contributed by atoms with Crippen molar-refractivity contribution < 1.29 is 8.42 Å². The third-order valence-electron chi connectivity index (χ3n) is 3.06. The van der Waals surface area contributed by atoms with Gasteiger partial charge in [0.1, 0.15) is 0 Å². The van der Waals surface area contributed by atoms with Crippen LogP contribution in [0.25, 0.3) is 10.8 Å². The number of hydrogen-bond donors (Lipinski definition) is 3. The molecule has 7 heteroatoms. The van der Waals surface area contributed by atoms with Gasteiger partial charge in [0.15, 0.2) is 0 Å². The first-order valence-electron chi connectivity index (χ1n) is 6.60. The maximum atomic E-state index is 11.1. The summed E-state index contributed by atoms with van der Waals surface area (Å²) in [5.41, 5.74) is 0. The Morgan fingerprint density at radius 2 is 1.43 bits per heavy atom. The number of fused-ring (bicyclic) bond motifs is 1. The van der Waals surface area contributed by atoms with Gasteiger partial charge in [-0.1, -0.05) is 23.7 Å². The van der Waals surface area contributed by atoms with Crippen molar-refractivity contribution in [1.29, 1.82) is 0 Å². The molecule has 0 radical (unpaired) electrons. The average Bonchev–Trinajstić information content (AvgIpc) is 2.48. The number of sulfonamides is 1. The van der Waals surface area contributed by atoms with Crippen molar-refractivity contribution in [3.63, 3.8) is 0 Å². The van der Waals surface area contributed by atoms with E-state index in [1.54, 1.807) is 24.3 Å². The third-order valence-corrected chi connectivity index (χ3v) is 4.21. The van der Waals surface area contributed by atoms with Gasteiger partial charge in [0.05, 0.1) is 4.90 Å². The highest BCUT2D eigenvalue weighted by atomic mass is 35.5. The van der Waals surface area contributed by atoms with Gasteiger partial charge < -0.3 is 10.6 Å². The zero-order valence-electron chi connectivity index (χ0n) is 11.5. The average molecular weight is 328 g/mol. The van der Waals surface area contributed by atoms with Crippen LogP contribution in [-0.2, 0) is 10.0 Å². The zero-order valence-corrected chi connectivity index (χ0v) is 13.0. The number of halogens is 1. The van der Waals surface area contributed by atoms with Gasteiger partial charge in [-0.25, -0.2) is 13.6 Å². The van der Waals surface area contributed by atoms with Crippen LogP contribution < -0.4 is 15.8 Å². The molecule has 1 aliphatic heterocycles. The summed E-state index contributed by atoms with van der Waals surface area (Å²) in [7, 11) is -3.64. The SMILES string of the molecule is C1CNCCN1.NS(=O)(=O)c1ccc2cc(Cl)ccc2c1. The molecule has 1 saturated heterocycles. The van der Waals surface area contributed by atoms with Crippen LogP contribution in [0.3, 0.4) is 0 Å². The molecule has 0 saturated carbocycles. The second-order valence-corrected chi connectivity index (χ2v) is 6.70. The topological polar surface area (TPSA) is 84.2 Å². The standard InChI is InChI=1S/C10H8ClNO2S.C4H10N2/c11-9-3-1-8-6-10(15(12,13)14)4-2-7(8)5-9;1-2-6-4-3-5-1/h1-6H,(H2,12,13,14);5-6H,1-4H2. The molecule has 3 rings (SSSR count). The lowest BCUT2D eigenvalue weighted by atomic mass is 10.1. The van der Waals surface area contributed by atoms with Crippen LogP contribution in [0.15, 0.2) is 41.3 Å². The molecule has 0 atom stereocenters. The maximum absolute atomic E-state index is 11.1. The van der Waals surface area contributed by atoms with Crippen LogP contribution in [0.4, 0.5) is 0 Å².